The molecule has 3 aromatic carbocycles. The van der Waals surface area contributed by atoms with Crippen molar-refractivity contribution < 1.29 is 19.5 Å². The number of fused-ring (bicyclic) bond motifs is 1. The van der Waals surface area contributed by atoms with Crippen LogP contribution >= 0.6 is 0 Å². The molecule has 0 saturated heterocycles. The van der Waals surface area contributed by atoms with Gasteiger partial charge in [0.25, 0.3) is 0 Å². The lowest BCUT2D eigenvalue weighted by Gasteiger charge is -2.16. The van der Waals surface area contributed by atoms with Crippen molar-refractivity contribution in [3.63, 3.8) is 0 Å². The number of pyridine rings is 1. The highest BCUT2D eigenvalue weighted by Crippen LogP contribution is 2.25. The highest BCUT2D eigenvalue weighted by Gasteiger charge is 2.15. The Hall–Kier alpha value is -4.19. The summed E-state index contributed by atoms with van der Waals surface area (Å²) in [6.07, 6.45) is 0.122. The monoisotopic (exact) mass is 440 g/mol. The van der Waals surface area contributed by atoms with Crippen LogP contribution < -0.4 is 4.74 Å². The van der Waals surface area contributed by atoms with Crippen LogP contribution in [0.1, 0.15) is 29.8 Å². The summed E-state index contributed by atoms with van der Waals surface area (Å²) in [5.74, 6) is -0.406. The number of carboxylic acids is 1. The third-order valence-electron chi connectivity index (χ3n) is 5.19. The molecule has 1 atom stereocenters. The largest absolute Gasteiger partial charge is 0.487 e. The minimum absolute atomic E-state index is 0.101. The third kappa shape index (κ3) is 5.95. The minimum Gasteiger partial charge on any atom is -0.487 e. The number of carbonyl (C=O) groups is 1. The van der Waals surface area contributed by atoms with Crippen LogP contribution in [0.15, 0.2) is 96.2 Å². The number of carboxylic acid groups (broad SMARTS) is 1. The Morgan fingerprint density at radius 2 is 1.67 bits per heavy atom. The van der Waals surface area contributed by atoms with Crippen LogP contribution in [0.3, 0.4) is 0 Å². The molecule has 1 unspecified atom stereocenters. The molecule has 0 spiro atoms. The fraction of sp³-hybridized carbons (Fsp3) is 0.148. The van der Waals surface area contributed by atoms with Crippen molar-refractivity contribution in [1.82, 2.24) is 4.98 Å². The van der Waals surface area contributed by atoms with Gasteiger partial charge in [-0.1, -0.05) is 71.9 Å². The van der Waals surface area contributed by atoms with E-state index in [0.29, 0.717) is 18.8 Å². The van der Waals surface area contributed by atoms with Crippen molar-refractivity contribution in [2.45, 2.75) is 26.1 Å². The van der Waals surface area contributed by atoms with E-state index in [1.807, 2.05) is 91.0 Å². The summed E-state index contributed by atoms with van der Waals surface area (Å²) in [4.78, 5) is 21.3. The Morgan fingerprint density at radius 3 is 2.42 bits per heavy atom. The second-order valence-corrected chi connectivity index (χ2v) is 7.62. The number of hydrogen-bond acceptors (Lipinski definition) is 5. The van der Waals surface area contributed by atoms with Gasteiger partial charge in [-0.15, -0.1) is 0 Å². The number of aromatic nitrogens is 1. The molecule has 6 heteroatoms. The maximum absolute atomic E-state index is 11.1. The number of ether oxygens (including phenoxy) is 1. The van der Waals surface area contributed by atoms with Gasteiger partial charge >= 0.3 is 5.97 Å². The molecule has 0 aliphatic heterocycles. The number of para-hydroxylation sites is 1. The average Bonchev–Trinajstić information content (AvgIpc) is 2.86. The highest BCUT2D eigenvalue weighted by atomic mass is 16.6. The fourth-order valence-electron chi connectivity index (χ4n) is 3.35. The molecule has 0 aliphatic rings. The lowest BCUT2D eigenvalue weighted by molar-refractivity contribution is -0.129. The lowest BCUT2D eigenvalue weighted by Crippen LogP contribution is -2.11. The first-order valence-corrected chi connectivity index (χ1v) is 10.6. The van der Waals surface area contributed by atoms with E-state index in [9.17, 15) is 4.79 Å². The van der Waals surface area contributed by atoms with Crippen LogP contribution in [-0.4, -0.2) is 21.8 Å². The molecule has 33 heavy (non-hydrogen) atoms. The number of benzene rings is 3. The molecule has 1 heterocycles. The van der Waals surface area contributed by atoms with Gasteiger partial charge in [0.2, 0.25) is 0 Å². The molecule has 1 N–H and O–H groups in total. The number of rotatable bonds is 9. The molecular weight excluding hydrogens is 416 g/mol. The molecule has 6 nitrogen and oxygen atoms in total. The second kappa shape index (κ2) is 10.4. The zero-order valence-electron chi connectivity index (χ0n) is 18.2. The Labute approximate surface area is 192 Å². The molecule has 4 rings (SSSR count). The third-order valence-corrected chi connectivity index (χ3v) is 5.19. The van der Waals surface area contributed by atoms with Crippen LogP contribution in [0.5, 0.6) is 5.75 Å². The van der Waals surface area contributed by atoms with E-state index in [1.54, 1.807) is 0 Å². The first-order chi connectivity index (χ1) is 16.1. The summed E-state index contributed by atoms with van der Waals surface area (Å²) < 4.78 is 5.92. The molecule has 4 aromatic rings. The maximum Gasteiger partial charge on any atom is 0.353 e. The van der Waals surface area contributed by atoms with Crippen molar-refractivity contribution in [2.24, 2.45) is 5.16 Å². The van der Waals surface area contributed by atoms with Crippen molar-refractivity contribution in [3.8, 4) is 5.75 Å². The van der Waals surface area contributed by atoms with Gasteiger partial charge in [0.05, 0.1) is 11.2 Å². The van der Waals surface area contributed by atoms with Crippen LogP contribution in [0.4, 0.5) is 0 Å². The molecule has 1 aromatic heterocycles. The predicted octanol–water partition coefficient (Wildman–Crippen LogP) is 5.57. The lowest BCUT2D eigenvalue weighted by atomic mass is 10.0. The summed E-state index contributed by atoms with van der Waals surface area (Å²) >= 11 is 0. The number of hydrogen-bond donors (Lipinski definition) is 1. The van der Waals surface area contributed by atoms with Crippen molar-refractivity contribution >= 4 is 22.6 Å². The van der Waals surface area contributed by atoms with E-state index in [2.05, 4.69) is 10.1 Å². The number of oxime groups is 1. The second-order valence-electron chi connectivity index (χ2n) is 7.62. The molecule has 0 saturated carbocycles. The topological polar surface area (TPSA) is 81.0 Å². The molecular formula is C27H24N2O4. The van der Waals surface area contributed by atoms with E-state index >= 15 is 0 Å². The van der Waals surface area contributed by atoms with Crippen LogP contribution in [0.2, 0.25) is 0 Å². The van der Waals surface area contributed by atoms with Gasteiger partial charge in [0.15, 0.2) is 11.8 Å². The van der Waals surface area contributed by atoms with Gasteiger partial charge in [-0.3, -0.25) is 0 Å². The molecule has 166 valence electrons. The standard InChI is InChI=1S/C27H24N2O4/c1-19(27(30)31)29-33-26(17-20-7-3-2-4-8-20)22-12-15-24(16-13-22)32-18-23-14-11-21-9-5-6-10-25(21)28-23/h2-16,26H,17-18H2,1H3,(H,30,31)/b29-19+. The van der Waals surface area contributed by atoms with Gasteiger partial charge in [0.1, 0.15) is 12.4 Å². The van der Waals surface area contributed by atoms with Gasteiger partial charge in [-0.05, 0) is 42.3 Å². The smallest absolute Gasteiger partial charge is 0.353 e. The highest BCUT2D eigenvalue weighted by molar-refractivity contribution is 6.34. The van der Waals surface area contributed by atoms with E-state index in [4.69, 9.17) is 14.7 Å². The SMILES string of the molecule is C/C(=N\OC(Cc1ccccc1)c1ccc(OCc2ccc3ccccc3n2)cc1)C(=O)O. The number of nitrogens with zero attached hydrogens (tertiary/aromatic N) is 2. The molecule has 0 radical (unpaired) electrons. The van der Waals surface area contributed by atoms with Crippen LogP contribution in [0.25, 0.3) is 10.9 Å². The molecule has 0 aliphatic carbocycles. The molecule has 0 fully saturated rings. The van der Waals surface area contributed by atoms with Crippen molar-refractivity contribution in [2.75, 3.05) is 0 Å². The van der Waals surface area contributed by atoms with Gasteiger partial charge < -0.3 is 14.7 Å². The van der Waals surface area contributed by atoms with Gasteiger partial charge in [0, 0.05) is 11.8 Å². The minimum atomic E-state index is -1.11. The normalized spacial score (nSPS) is 12.3. The summed E-state index contributed by atoms with van der Waals surface area (Å²) in [6, 6.07) is 29.4. The molecule has 0 bridgehead atoms. The number of aliphatic carboxylic acids is 1. The van der Waals surface area contributed by atoms with E-state index in [1.165, 1.54) is 6.92 Å². The van der Waals surface area contributed by atoms with Gasteiger partial charge in [-0.25, -0.2) is 9.78 Å². The summed E-state index contributed by atoms with van der Waals surface area (Å²) in [5, 5.41) is 14.0. The maximum atomic E-state index is 11.1. The Balaban J connectivity index is 1.46. The van der Waals surface area contributed by atoms with Crippen molar-refractivity contribution in [1.29, 1.82) is 0 Å². The average molecular weight is 440 g/mol. The summed E-state index contributed by atoms with van der Waals surface area (Å²) in [6.45, 7) is 1.76. The Bertz CT molecular complexity index is 1250. The van der Waals surface area contributed by atoms with Gasteiger partial charge in [-0.2, -0.15) is 0 Å². The first kappa shape index (κ1) is 22.0. The van der Waals surface area contributed by atoms with E-state index in [-0.39, 0.29) is 5.71 Å². The quantitative estimate of drug-likeness (QED) is 0.272. The first-order valence-electron chi connectivity index (χ1n) is 10.6. The zero-order valence-corrected chi connectivity index (χ0v) is 18.2. The van der Waals surface area contributed by atoms with Crippen LogP contribution in [0, 0.1) is 0 Å². The zero-order chi connectivity index (χ0) is 23.0. The fourth-order valence-corrected chi connectivity index (χ4v) is 3.35. The summed E-state index contributed by atoms with van der Waals surface area (Å²) in [7, 11) is 0. The van der Waals surface area contributed by atoms with Crippen molar-refractivity contribution in [3.05, 3.63) is 108 Å². The Kier molecular flexibility index (Phi) is 6.95. The summed E-state index contributed by atoms with van der Waals surface area (Å²) in [5.41, 5.74) is 3.62. The predicted molar refractivity (Wildman–Crippen MR) is 127 cm³/mol. The molecule has 0 amide bonds. The van der Waals surface area contributed by atoms with Crippen LogP contribution in [-0.2, 0) is 22.7 Å². The van der Waals surface area contributed by atoms with E-state index in [0.717, 1.165) is 27.7 Å². The Morgan fingerprint density at radius 1 is 0.939 bits per heavy atom. The van der Waals surface area contributed by atoms with E-state index < -0.39 is 12.1 Å².